The first-order valence-corrected chi connectivity index (χ1v) is 8.29. The average Bonchev–Trinajstić information content (AvgIpc) is 2.92. The molecule has 0 radical (unpaired) electrons. The van der Waals surface area contributed by atoms with E-state index < -0.39 is 0 Å². The molecule has 1 aliphatic rings. The van der Waals surface area contributed by atoms with E-state index in [1.807, 2.05) is 16.9 Å². The van der Waals surface area contributed by atoms with Gasteiger partial charge in [-0.2, -0.15) is 5.10 Å². The number of aldehydes is 1. The predicted molar refractivity (Wildman–Crippen MR) is 85.7 cm³/mol. The zero-order valence-corrected chi connectivity index (χ0v) is 13.9. The Kier molecular flexibility index (Phi) is 4.62. The lowest BCUT2D eigenvalue weighted by molar-refractivity contribution is -0.107. The summed E-state index contributed by atoms with van der Waals surface area (Å²) in [5.41, 5.74) is 1.93. The van der Waals surface area contributed by atoms with Crippen LogP contribution in [0.4, 0.5) is 0 Å². The molecule has 1 atom stereocenters. The molecule has 0 bridgehead atoms. The van der Waals surface area contributed by atoms with Crippen molar-refractivity contribution in [2.45, 2.75) is 38.3 Å². The Bertz CT molecular complexity index is 665. The van der Waals surface area contributed by atoms with Crippen LogP contribution < -0.4 is 0 Å². The number of fused-ring (bicyclic) bond motifs is 1. The van der Waals surface area contributed by atoms with Crippen LogP contribution in [0.5, 0.6) is 0 Å². The molecule has 0 N–H and O–H groups in total. The molecule has 21 heavy (non-hydrogen) atoms. The minimum atomic E-state index is -0.0139. The maximum atomic E-state index is 10.6. The van der Waals surface area contributed by atoms with Crippen molar-refractivity contribution in [2.24, 2.45) is 0 Å². The number of hydrogen-bond donors (Lipinski definition) is 0. The Morgan fingerprint density at radius 3 is 3.10 bits per heavy atom. The second-order valence-corrected chi connectivity index (χ2v) is 6.40. The number of rotatable bonds is 4. The maximum Gasteiger partial charge on any atom is 0.150 e. The van der Waals surface area contributed by atoms with Crippen LogP contribution in [0, 0.1) is 0 Å². The number of carbonyl (C=O) groups is 1. The van der Waals surface area contributed by atoms with E-state index in [2.05, 4.69) is 21.0 Å². The highest BCUT2D eigenvalue weighted by Gasteiger charge is 2.21. The fourth-order valence-electron chi connectivity index (χ4n) is 2.74. The summed E-state index contributed by atoms with van der Waals surface area (Å²) in [5.74, 6) is 0. The lowest BCUT2D eigenvalue weighted by Gasteiger charge is -2.23. The van der Waals surface area contributed by atoms with E-state index in [0.29, 0.717) is 17.9 Å². The van der Waals surface area contributed by atoms with E-state index in [4.69, 9.17) is 16.3 Å². The Labute approximate surface area is 136 Å². The molecule has 1 unspecified atom stereocenters. The van der Waals surface area contributed by atoms with E-state index in [0.717, 1.165) is 53.1 Å². The first-order chi connectivity index (χ1) is 10.2. The molecule has 0 spiro atoms. The van der Waals surface area contributed by atoms with E-state index >= 15 is 0 Å². The number of benzene rings is 1. The highest BCUT2D eigenvalue weighted by Crippen LogP contribution is 2.36. The highest BCUT2D eigenvalue weighted by molar-refractivity contribution is 9.10. The van der Waals surface area contributed by atoms with Gasteiger partial charge in [-0.25, -0.2) is 4.68 Å². The van der Waals surface area contributed by atoms with Gasteiger partial charge in [0.1, 0.15) is 6.29 Å². The third-order valence-electron chi connectivity index (χ3n) is 3.83. The smallest absolute Gasteiger partial charge is 0.150 e. The van der Waals surface area contributed by atoms with Crippen molar-refractivity contribution in [1.82, 2.24) is 9.78 Å². The van der Waals surface area contributed by atoms with Gasteiger partial charge in [0.25, 0.3) is 0 Å². The van der Waals surface area contributed by atoms with Gasteiger partial charge in [-0.1, -0.05) is 11.6 Å². The van der Waals surface area contributed by atoms with Crippen molar-refractivity contribution in [1.29, 1.82) is 0 Å². The van der Waals surface area contributed by atoms with Crippen molar-refractivity contribution in [3.05, 3.63) is 27.3 Å². The number of carbonyl (C=O) groups excluding carboxylic acids is 1. The summed E-state index contributed by atoms with van der Waals surface area (Å²) in [5, 5.41) is 6.15. The Morgan fingerprint density at radius 1 is 1.52 bits per heavy atom. The van der Waals surface area contributed by atoms with Crippen LogP contribution in [0.3, 0.4) is 0 Å². The quantitative estimate of drug-likeness (QED) is 0.753. The van der Waals surface area contributed by atoms with Crippen LogP contribution in [0.1, 0.15) is 37.5 Å². The highest BCUT2D eigenvalue weighted by atomic mass is 79.9. The van der Waals surface area contributed by atoms with Gasteiger partial charge in [-0.15, -0.1) is 0 Å². The molecule has 1 fully saturated rings. The second kappa shape index (κ2) is 6.46. The SMILES string of the molecule is O=CCCc1c(Cl)cc2c(cnn2C2CCCCO2)c1Br. The van der Waals surface area contributed by atoms with Gasteiger partial charge in [-0.05, 0) is 53.2 Å². The van der Waals surface area contributed by atoms with E-state index in [1.165, 1.54) is 0 Å². The summed E-state index contributed by atoms with van der Waals surface area (Å²) in [6.45, 7) is 0.776. The summed E-state index contributed by atoms with van der Waals surface area (Å²) in [4.78, 5) is 10.6. The number of nitrogens with zero attached hydrogens (tertiary/aromatic N) is 2. The van der Waals surface area contributed by atoms with Crippen molar-refractivity contribution in [2.75, 3.05) is 6.61 Å². The third kappa shape index (κ3) is 2.87. The number of hydrogen-bond acceptors (Lipinski definition) is 3. The Morgan fingerprint density at radius 2 is 2.38 bits per heavy atom. The van der Waals surface area contributed by atoms with Crippen LogP contribution in [0.2, 0.25) is 5.02 Å². The van der Waals surface area contributed by atoms with Crippen LogP contribution in [-0.2, 0) is 16.0 Å². The van der Waals surface area contributed by atoms with Gasteiger partial charge < -0.3 is 9.53 Å². The minimum absolute atomic E-state index is 0.0139. The van der Waals surface area contributed by atoms with Crippen LogP contribution >= 0.6 is 27.5 Å². The van der Waals surface area contributed by atoms with Crippen LogP contribution in [-0.4, -0.2) is 22.7 Å². The summed E-state index contributed by atoms with van der Waals surface area (Å²) in [6.07, 6.45) is 7.05. The minimum Gasteiger partial charge on any atom is -0.356 e. The van der Waals surface area contributed by atoms with Crippen molar-refractivity contribution in [3.8, 4) is 0 Å². The molecule has 0 amide bonds. The fourth-order valence-corrected chi connectivity index (χ4v) is 3.86. The fraction of sp³-hybridized carbons (Fsp3) is 0.467. The number of aromatic nitrogens is 2. The molecule has 3 rings (SSSR count). The summed E-state index contributed by atoms with van der Waals surface area (Å²) in [6, 6.07) is 1.92. The number of halogens is 2. The summed E-state index contributed by atoms with van der Waals surface area (Å²) < 4.78 is 8.64. The molecule has 112 valence electrons. The molecular weight excluding hydrogens is 356 g/mol. The lowest BCUT2D eigenvalue weighted by Crippen LogP contribution is -2.18. The third-order valence-corrected chi connectivity index (χ3v) is 5.07. The molecular formula is C15H16BrClN2O2. The maximum absolute atomic E-state index is 10.6. The monoisotopic (exact) mass is 370 g/mol. The topological polar surface area (TPSA) is 44.1 Å². The standard InChI is InChI=1S/C15H16BrClN2O2/c16-15-10(4-3-6-20)12(17)8-13-11(15)9-18-19(13)14-5-1-2-7-21-14/h6,8-9,14H,1-5,7H2. The van der Waals surface area contributed by atoms with Gasteiger partial charge in [0.15, 0.2) is 6.23 Å². The predicted octanol–water partition coefficient (Wildman–Crippen LogP) is 4.28. The first kappa shape index (κ1) is 15.0. The Hall–Kier alpha value is -0.910. The van der Waals surface area contributed by atoms with Gasteiger partial charge >= 0.3 is 0 Å². The second-order valence-electron chi connectivity index (χ2n) is 5.20. The lowest BCUT2D eigenvalue weighted by atomic mass is 10.1. The number of ether oxygens (including phenoxy) is 1. The van der Waals surface area contributed by atoms with E-state index in [1.54, 1.807) is 0 Å². The molecule has 1 aromatic carbocycles. The molecule has 6 heteroatoms. The first-order valence-electron chi connectivity index (χ1n) is 7.11. The van der Waals surface area contributed by atoms with Crippen molar-refractivity contribution in [3.63, 3.8) is 0 Å². The largest absolute Gasteiger partial charge is 0.356 e. The molecule has 1 aliphatic heterocycles. The molecule has 0 saturated carbocycles. The van der Waals surface area contributed by atoms with Crippen molar-refractivity contribution >= 4 is 44.7 Å². The normalized spacial score (nSPS) is 19.0. The zero-order valence-electron chi connectivity index (χ0n) is 11.5. The zero-order chi connectivity index (χ0) is 14.8. The Balaban J connectivity index is 2.04. The summed E-state index contributed by atoms with van der Waals surface area (Å²) in [7, 11) is 0. The molecule has 2 heterocycles. The molecule has 1 aromatic heterocycles. The van der Waals surface area contributed by atoms with Gasteiger partial charge in [-0.3, -0.25) is 0 Å². The molecule has 2 aromatic rings. The van der Waals surface area contributed by atoms with Gasteiger partial charge in [0.05, 0.1) is 11.7 Å². The van der Waals surface area contributed by atoms with Crippen molar-refractivity contribution < 1.29 is 9.53 Å². The van der Waals surface area contributed by atoms with Gasteiger partial charge in [0, 0.05) is 27.9 Å². The van der Waals surface area contributed by atoms with Crippen LogP contribution in [0.15, 0.2) is 16.7 Å². The molecule has 1 saturated heterocycles. The average molecular weight is 372 g/mol. The molecule has 4 nitrogen and oxygen atoms in total. The van der Waals surface area contributed by atoms with E-state index in [9.17, 15) is 4.79 Å². The van der Waals surface area contributed by atoms with Crippen LogP contribution in [0.25, 0.3) is 10.9 Å². The van der Waals surface area contributed by atoms with Gasteiger partial charge in [0.2, 0.25) is 0 Å². The molecule has 0 aliphatic carbocycles. The van der Waals surface area contributed by atoms with E-state index in [-0.39, 0.29) is 6.23 Å². The summed E-state index contributed by atoms with van der Waals surface area (Å²) >= 11 is 9.99.